The standard InChI is InChI=1S/C17H10F6N6O/c18-16(19,20)10-3-9(4-11(5-10)17(21,22)23)15-26-7-12(27-15)6-14(30)29-28-13-8-24-1-2-25-13/h1-8H,(H,25,28)(H,29,30)/b12-6-. The number of carbonyl (C=O) groups excluding carboxylic acids is 1. The Kier molecular flexibility index (Phi) is 5.54. The highest BCUT2D eigenvalue weighted by molar-refractivity contribution is 6.12. The zero-order valence-corrected chi connectivity index (χ0v) is 14.6. The molecule has 1 aromatic carbocycles. The Hall–Kier alpha value is -3.77. The highest BCUT2D eigenvalue weighted by atomic mass is 19.4. The minimum atomic E-state index is -5.00. The Bertz CT molecular complexity index is 1010. The highest BCUT2D eigenvalue weighted by Gasteiger charge is 2.37. The second kappa shape index (κ2) is 7.93. The molecule has 1 amide bonds. The highest BCUT2D eigenvalue weighted by Crippen LogP contribution is 2.36. The lowest BCUT2D eigenvalue weighted by Crippen LogP contribution is -2.28. The SMILES string of the molecule is O=C(/C=C1/C=NC(c2cc(C(F)(F)F)cc(C(F)(F)F)c2)=N1)NNc1cnccn1. The van der Waals surface area contributed by atoms with Crippen LogP contribution in [0, 0.1) is 0 Å². The minimum absolute atomic E-state index is 0.00503. The lowest BCUT2D eigenvalue weighted by Gasteiger charge is -2.13. The van der Waals surface area contributed by atoms with E-state index in [0.717, 1.165) is 12.3 Å². The van der Waals surface area contributed by atoms with E-state index < -0.39 is 40.8 Å². The van der Waals surface area contributed by atoms with Gasteiger partial charge in [-0.25, -0.2) is 15.0 Å². The molecule has 0 bridgehead atoms. The summed E-state index contributed by atoms with van der Waals surface area (Å²) in [4.78, 5) is 27.0. The number of hydrogen-bond acceptors (Lipinski definition) is 6. The number of hydrazine groups is 1. The van der Waals surface area contributed by atoms with Gasteiger partial charge in [-0.3, -0.25) is 20.6 Å². The molecule has 0 saturated carbocycles. The molecule has 2 N–H and O–H groups in total. The van der Waals surface area contributed by atoms with Crippen LogP contribution in [0.2, 0.25) is 0 Å². The summed E-state index contributed by atoms with van der Waals surface area (Å²) >= 11 is 0. The topological polar surface area (TPSA) is 91.6 Å². The molecule has 1 aliphatic heterocycles. The van der Waals surface area contributed by atoms with Gasteiger partial charge in [0.2, 0.25) is 0 Å². The maximum absolute atomic E-state index is 13.0. The van der Waals surface area contributed by atoms with E-state index in [1.54, 1.807) is 0 Å². The fraction of sp³-hybridized carbons (Fsp3) is 0.118. The van der Waals surface area contributed by atoms with E-state index in [4.69, 9.17) is 0 Å². The van der Waals surface area contributed by atoms with Crippen LogP contribution in [0.5, 0.6) is 0 Å². The zero-order chi connectivity index (χ0) is 21.9. The van der Waals surface area contributed by atoms with E-state index in [2.05, 4.69) is 30.8 Å². The number of rotatable bonds is 4. The van der Waals surface area contributed by atoms with Crippen molar-refractivity contribution in [3.8, 4) is 0 Å². The molecular formula is C17H10F6N6O. The predicted octanol–water partition coefficient (Wildman–Crippen LogP) is 3.37. The summed E-state index contributed by atoms with van der Waals surface area (Å²) in [7, 11) is 0. The summed E-state index contributed by atoms with van der Waals surface area (Å²) in [6, 6.07) is 1.01. The largest absolute Gasteiger partial charge is 0.416 e. The molecule has 7 nitrogen and oxygen atoms in total. The van der Waals surface area contributed by atoms with Crippen LogP contribution in [-0.2, 0) is 17.1 Å². The second-order valence-electron chi connectivity index (χ2n) is 5.76. The first kappa shape index (κ1) is 21.0. The van der Waals surface area contributed by atoms with Crippen molar-refractivity contribution in [2.45, 2.75) is 12.4 Å². The predicted molar refractivity (Wildman–Crippen MR) is 93.4 cm³/mol. The molecule has 1 aliphatic rings. The molecule has 2 heterocycles. The van der Waals surface area contributed by atoms with Gasteiger partial charge >= 0.3 is 12.4 Å². The summed E-state index contributed by atoms with van der Waals surface area (Å²) in [6.07, 6.45) is -3.90. The van der Waals surface area contributed by atoms with Gasteiger partial charge in [0.1, 0.15) is 0 Å². The molecule has 2 aromatic rings. The first-order chi connectivity index (χ1) is 14.0. The molecular weight excluding hydrogens is 418 g/mol. The first-order valence-electron chi connectivity index (χ1n) is 7.99. The van der Waals surface area contributed by atoms with Crippen LogP contribution in [0.3, 0.4) is 0 Å². The van der Waals surface area contributed by atoms with Gasteiger partial charge in [0, 0.05) is 24.0 Å². The Labute approximate surface area is 164 Å². The number of hydrogen-bond donors (Lipinski definition) is 2. The molecule has 3 rings (SSSR count). The number of carbonyl (C=O) groups is 1. The number of halogens is 6. The maximum Gasteiger partial charge on any atom is 0.416 e. The van der Waals surface area contributed by atoms with Crippen molar-refractivity contribution < 1.29 is 31.1 Å². The fourth-order valence-corrected chi connectivity index (χ4v) is 2.26. The molecule has 1 aromatic heterocycles. The number of allylic oxidation sites excluding steroid dienone is 1. The molecule has 0 aliphatic carbocycles. The van der Waals surface area contributed by atoms with Gasteiger partial charge in [0.05, 0.1) is 29.2 Å². The number of anilines is 1. The molecule has 13 heteroatoms. The van der Waals surface area contributed by atoms with Crippen LogP contribution in [-0.4, -0.2) is 27.9 Å². The van der Waals surface area contributed by atoms with Crippen molar-refractivity contribution in [1.82, 2.24) is 15.4 Å². The monoisotopic (exact) mass is 428 g/mol. The van der Waals surface area contributed by atoms with Gasteiger partial charge in [-0.1, -0.05) is 0 Å². The third kappa shape index (κ3) is 5.18. The minimum Gasteiger partial charge on any atom is -0.280 e. The van der Waals surface area contributed by atoms with Crippen molar-refractivity contribution in [1.29, 1.82) is 0 Å². The van der Waals surface area contributed by atoms with Crippen LogP contribution >= 0.6 is 0 Å². The fourth-order valence-electron chi connectivity index (χ4n) is 2.26. The Morgan fingerprint density at radius 1 is 0.967 bits per heavy atom. The van der Waals surface area contributed by atoms with Gasteiger partial charge in [0.25, 0.3) is 5.91 Å². The molecule has 156 valence electrons. The third-order valence-corrected chi connectivity index (χ3v) is 3.56. The number of aromatic nitrogens is 2. The number of aliphatic imine (C=N–C) groups is 2. The maximum atomic E-state index is 13.0. The van der Waals surface area contributed by atoms with Gasteiger partial charge in [-0.15, -0.1) is 0 Å². The number of amidine groups is 1. The quantitative estimate of drug-likeness (QED) is 0.444. The van der Waals surface area contributed by atoms with Crippen LogP contribution < -0.4 is 10.9 Å². The van der Waals surface area contributed by atoms with Gasteiger partial charge in [0.15, 0.2) is 11.7 Å². The molecule has 0 unspecified atom stereocenters. The number of nitrogens with zero attached hydrogens (tertiary/aromatic N) is 4. The first-order valence-corrected chi connectivity index (χ1v) is 7.99. The third-order valence-electron chi connectivity index (χ3n) is 3.56. The van der Waals surface area contributed by atoms with E-state index in [0.29, 0.717) is 12.1 Å². The van der Waals surface area contributed by atoms with E-state index in [1.165, 1.54) is 18.6 Å². The van der Waals surface area contributed by atoms with Crippen molar-refractivity contribution in [3.63, 3.8) is 0 Å². The normalized spacial score (nSPS) is 15.3. The van der Waals surface area contributed by atoms with E-state index in [9.17, 15) is 31.1 Å². The van der Waals surface area contributed by atoms with Crippen molar-refractivity contribution in [2.24, 2.45) is 9.98 Å². The van der Waals surface area contributed by atoms with Crippen molar-refractivity contribution >= 4 is 23.8 Å². The summed E-state index contributed by atoms with van der Waals surface area (Å²) in [6.45, 7) is 0. The number of nitrogens with one attached hydrogen (secondary N) is 2. The number of alkyl halides is 6. The molecule has 0 radical (unpaired) electrons. The molecule has 30 heavy (non-hydrogen) atoms. The number of amides is 1. The Morgan fingerprint density at radius 2 is 1.63 bits per heavy atom. The summed E-state index contributed by atoms with van der Waals surface area (Å²) in [5.41, 5.74) is 1.14. The van der Waals surface area contributed by atoms with Gasteiger partial charge in [-0.2, -0.15) is 26.3 Å². The summed E-state index contributed by atoms with van der Waals surface area (Å²) in [5.74, 6) is -0.878. The smallest absolute Gasteiger partial charge is 0.280 e. The zero-order valence-electron chi connectivity index (χ0n) is 14.6. The van der Waals surface area contributed by atoms with Crippen molar-refractivity contribution in [2.75, 3.05) is 5.43 Å². The van der Waals surface area contributed by atoms with Crippen LogP contribution in [0.4, 0.5) is 32.2 Å². The van der Waals surface area contributed by atoms with Crippen LogP contribution in [0.25, 0.3) is 0 Å². The Morgan fingerprint density at radius 3 is 2.20 bits per heavy atom. The molecule has 0 fully saturated rings. The Balaban J connectivity index is 1.82. The van der Waals surface area contributed by atoms with E-state index in [1.807, 2.05) is 0 Å². The van der Waals surface area contributed by atoms with E-state index >= 15 is 0 Å². The number of benzene rings is 1. The lowest BCUT2D eigenvalue weighted by atomic mass is 10.0. The lowest BCUT2D eigenvalue weighted by molar-refractivity contribution is -0.143. The summed E-state index contributed by atoms with van der Waals surface area (Å²) in [5, 5.41) is 0. The average Bonchev–Trinajstić information content (AvgIpc) is 3.14. The molecule has 0 saturated heterocycles. The average molecular weight is 428 g/mol. The van der Waals surface area contributed by atoms with Crippen LogP contribution in [0.1, 0.15) is 16.7 Å². The van der Waals surface area contributed by atoms with Crippen LogP contribution in [0.15, 0.2) is 58.5 Å². The van der Waals surface area contributed by atoms with E-state index in [-0.39, 0.29) is 17.6 Å². The van der Waals surface area contributed by atoms with Gasteiger partial charge < -0.3 is 0 Å². The van der Waals surface area contributed by atoms with Crippen molar-refractivity contribution in [3.05, 3.63) is 65.3 Å². The summed E-state index contributed by atoms with van der Waals surface area (Å²) < 4.78 is 77.8. The molecule has 0 atom stereocenters. The second-order valence-corrected chi connectivity index (χ2v) is 5.76. The van der Waals surface area contributed by atoms with Gasteiger partial charge in [-0.05, 0) is 18.2 Å². The molecule has 0 spiro atoms.